The number of morpholine rings is 1. The summed E-state index contributed by atoms with van der Waals surface area (Å²) in [6, 6.07) is 7.76. The zero-order chi connectivity index (χ0) is 17.2. The molecule has 6 nitrogen and oxygen atoms in total. The van der Waals surface area contributed by atoms with Crippen molar-refractivity contribution in [2.45, 2.75) is 19.1 Å². The van der Waals surface area contributed by atoms with Crippen LogP contribution < -0.4 is 4.90 Å². The lowest BCUT2D eigenvalue weighted by Gasteiger charge is -2.36. The van der Waals surface area contributed by atoms with Crippen LogP contribution in [0, 0.1) is 11.3 Å². The van der Waals surface area contributed by atoms with Crippen molar-refractivity contribution >= 4 is 23.1 Å². The molecule has 25 heavy (non-hydrogen) atoms. The first-order valence-corrected chi connectivity index (χ1v) is 9.20. The van der Waals surface area contributed by atoms with Gasteiger partial charge in [-0.1, -0.05) is 0 Å². The molecule has 0 aromatic carbocycles. The van der Waals surface area contributed by atoms with Gasteiger partial charge in [-0.2, -0.15) is 5.26 Å². The van der Waals surface area contributed by atoms with Crippen molar-refractivity contribution in [3.8, 4) is 6.07 Å². The minimum Gasteiger partial charge on any atom is -0.365 e. The highest BCUT2D eigenvalue weighted by molar-refractivity contribution is 7.10. The van der Waals surface area contributed by atoms with E-state index in [0.717, 1.165) is 13.0 Å². The van der Waals surface area contributed by atoms with Gasteiger partial charge < -0.3 is 14.5 Å². The first-order valence-electron chi connectivity index (χ1n) is 8.32. The second-order valence-corrected chi connectivity index (χ2v) is 7.17. The predicted octanol–water partition coefficient (Wildman–Crippen LogP) is 1.80. The average molecular weight is 354 g/mol. The second kappa shape index (κ2) is 6.82. The summed E-state index contributed by atoms with van der Waals surface area (Å²) >= 11 is 1.76. The van der Waals surface area contributed by atoms with Gasteiger partial charge in [0.25, 0.3) is 5.91 Å². The van der Waals surface area contributed by atoms with E-state index in [9.17, 15) is 10.1 Å². The second-order valence-electron chi connectivity index (χ2n) is 6.17. The Morgan fingerprint density at radius 3 is 3.20 bits per heavy atom. The van der Waals surface area contributed by atoms with Crippen LogP contribution in [0.3, 0.4) is 0 Å². The fraction of sp³-hybridized carbons (Fsp3) is 0.389. The van der Waals surface area contributed by atoms with E-state index < -0.39 is 6.10 Å². The van der Waals surface area contributed by atoms with Crippen LogP contribution in [-0.2, 0) is 22.5 Å². The molecule has 2 aliphatic rings. The van der Waals surface area contributed by atoms with E-state index in [1.54, 1.807) is 29.7 Å². The first-order chi connectivity index (χ1) is 12.3. The molecular formula is C18H18N4O2S. The number of carbonyl (C=O) groups excluding carboxylic acids is 1. The topological polar surface area (TPSA) is 69.5 Å². The van der Waals surface area contributed by atoms with Gasteiger partial charge in [-0.3, -0.25) is 4.79 Å². The standard InChI is InChI=1S/C18H18N4O2S/c19-10-13-2-1-5-20-17(13)21-7-8-24-15(12-21)18(23)22-6-3-16-14(11-22)4-9-25-16/h1-2,4-5,9,15H,3,6-8,11-12H2. The molecule has 0 saturated carbocycles. The molecule has 0 N–H and O–H groups in total. The SMILES string of the molecule is N#Cc1cccnc1N1CCOC(C(=O)N2CCc3sccc3C2)C1. The quantitative estimate of drug-likeness (QED) is 0.823. The molecule has 1 saturated heterocycles. The van der Waals surface area contributed by atoms with Gasteiger partial charge >= 0.3 is 0 Å². The summed E-state index contributed by atoms with van der Waals surface area (Å²) in [4.78, 5) is 22.5. The molecule has 4 rings (SSSR count). The molecule has 1 unspecified atom stereocenters. The van der Waals surface area contributed by atoms with Gasteiger partial charge in [0.1, 0.15) is 11.9 Å². The Balaban J connectivity index is 1.48. The number of hydrogen-bond acceptors (Lipinski definition) is 6. The summed E-state index contributed by atoms with van der Waals surface area (Å²) in [6.45, 7) is 2.90. The van der Waals surface area contributed by atoms with Gasteiger partial charge in [0.15, 0.2) is 6.10 Å². The minimum absolute atomic E-state index is 0.0241. The number of carbonyl (C=O) groups is 1. The molecule has 0 aliphatic carbocycles. The first kappa shape index (κ1) is 16.1. The van der Waals surface area contributed by atoms with Crippen LogP contribution in [0.1, 0.15) is 16.0 Å². The number of rotatable bonds is 2. The van der Waals surface area contributed by atoms with E-state index in [-0.39, 0.29) is 5.91 Å². The van der Waals surface area contributed by atoms with Crippen LogP contribution in [0.15, 0.2) is 29.8 Å². The van der Waals surface area contributed by atoms with Crippen LogP contribution in [0.4, 0.5) is 5.82 Å². The fourth-order valence-corrected chi connectivity index (χ4v) is 4.26. The van der Waals surface area contributed by atoms with E-state index >= 15 is 0 Å². The number of nitrogens with zero attached hydrogens (tertiary/aromatic N) is 4. The van der Waals surface area contributed by atoms with Gasteiger partial charge in [0, 0.05) is 30.7 Å². The molecule has 0 spiro atoms. The predicted molar refractivity (Wildman–Crippen MR) is 94.3 cm³/mol. The van der Waals surface area contributed by atoms with Gasteiger partial charge in [0.2, 0.25) is 0 Å². The van der Waals surface area contributed by atoms with Crippen LogP contribution in [0.2, 0.25) is 0 Å². The van der Waals surface area contributed by atoms with Gasteiger partial charge in [-0.25, -0.2) is 4.98 Å². The molecule has 1 amide bonds. The number of nitriles is 1. The number of ether oxygens (including phenoxy) is 1. The van der Waals surface area contributed by atoms with Crippen LogP contribution in [-0.4, -0.2) is 48.1 Å². The summed E-state index contributed by atoms with van der Waals surface area (Å²) in [6.07, 6.45) is 2.07. The summed E-state index contributed by atoms with van der Waals surface area (Å²) in [5.41, 5.74) is 1.77. The van der Waals surface area contributed by atoms with Crippen molar-refractivity contribution in [1.82, 2.24) is 9.88 Å². The molecule has 1 fully saturated rings. The molecule has 0 radical (unpaired) electrons. The van der Waals surface area contributed by atoms with Crippen LogP contribution in [0.5, 0.6) is 0 Å². The van der Waals surface area contributed by atoms with Crippen molar-refractivity contribution < 1.29 is 9.53 Å². The summed E-state index contributed by atoms with van der Waals surface area (Å²) < 4.78 is 5.75. The minimum atomic E-state index is -0.512. The van der Waals surface area contributed by atoms with Gasteiger partial charge in [-0.05, 0) is 35.6 Å². The molecule has 1 atom stereocenters. The molecule has 128 valence electrons. The molecular weight excluding hydrogens is 336 g/mol. The Morgan fingerprint density at radius 2 is 2.32 bits per heavy atom. The third-order valence-electron chi connectivity index (χ3n) is 4.67. The smallest absolute Gasteiger partial charge is 0.253 e. The Kier molecular flexibility index (Phi) is 4.38. The Hall–Kier alpha value is -2.43. The van der Waals surface area contributed by atoms with E-state index in [4.69, 9.17) is 4.74 Å². The Bertz CT molecular complexity index is 828. The fourth-order valence-electron chi connectivity index (χ4n) is 3.37. The summed E-state index contributed by atoms with van der Waals surface area (Å²) in [7, 11) is 0. The van der Waals surface area contributed by atoms with Gasteiger partial charge in [0.05, 0.1) is 18.7 Å². The lowest BCUT2D eigenvalue weighted by atomic mass is 10.1. The highest BCUT2D eigenvalue weighted by Crippen LogP contribution is 2.26. The average Bonchev–Trinajstić information content (AvgIpc) is 3.15. The van der Waals surface area contributed by atoms with Crippen molar-refractivity contribution in [2.75, 3.05) is 31.1 Å². The highest BCUT2D eigenvalue weighted by Gasteiger charge is 2.33. The maximum absolute atomic E-state index is 12.9. The summed E-state index contributed by atoms with van der Waals surface area (Å²) in [5.74, 6) is 0.654. The van der Waals surface area contributed by atoms with Crippen LogP contribution >= 0.6 is 11.3 Å². The highest BCUT2D eigenvalue weighted by atomic mass is 32.1. The lowest BCUT2D eigenvalue weighted by molar-refractivity contribution is -0.145. The van der Waals surface area contributed by atoms with Crippen molar-refractivity contribution in [1.29, 1.82) is 5.26 Å². The number of hydrogen-bond donors (Lipinski definition) is 0. The number of amides is 1. The molecule has 7 heteroatoms. The maximum atomic E-state index is 12.9. The number of anilines is 1. The molecule has 4 heterocycles. The third kappa shape index (κ3) is 3.11. The maximum Gasteiger partial charge on any atom is 0.253 e. The van der Waals surface area contributed by atoms with E-state index in [1.807, 2.05) is 9.80 Å². The summed E-state index contributed by atoms with van der Waals surface area (Å²) in [5, 5.41) is 11.4. The van der Waals surface area contributed by atoms with Crippen molar-refractivity contribution in [3.63, 3.8) is 0 Å². The number of fused-ring (bicyclic) bond motifs is 1. The van der Waals surface area contributed by atoms with Crippen molar-refractivity contribution in [2.24, 2.45) is 0 Å². The van der Waals surface area contributed by atoms with E-state index in [0.29, 0.717) is 37.6 Å². The van der Waals surface area contributed by atoms with Crippen LogP contribution in [0.25, 0.3) is 0 Å². The Labute approximate surface area is 150 Å². The van der Waals surface area contributed by atoms with E-state index in [1.165, 1.54) is 10.4 Å². The van der Waals surface area contributed by atoms with E-state index in [2.05, 4.69) is 22.5 Å². The Morgan fingerprint density at radius 1 is 1.40 bits per heavy atom. The number of thiophene rings is 1. The largest absolute Gasteiger partial charge is 0.365 e. The normalized spacial score (nSPS) is 20.0. The molecule has 0 bridgehead atoms. The number of aromatic nitrogens is 1. The third-order valence-corrected chi connectivity index (χ3v) is 5.69. The van der Waals surface area contributed by atoms with Crippen molar-refractivity contribution in [3.05, 3.63) is 45.8 Å². The molecule has 2 aromatic rings. The van der Waals surface area contributed by atoms with Gasteiger partial charge in [-0.15, -0.1) is 11.3 Å². The lowest BCUT2D eigenvalue weighted by Crippen LogP contribution is -2.52. The monoisotopic (exact) mass is 354 g/mol. The zero-order valence-electron chi connectivity index (χ0n) is 13.7. The molecule has 2 aliphatic heterocycles. The molecule has 2 aromatic heterocycles. The zero-order valence-corrected chi connectivity index (χ0v) is 14.5. The number of pyridine rings is 1.